The van der Waals surface area contributed by atoms with Crippen LogP contribution in [-0.2, 0) is 12.7 Å². The van der Waals surface area contributed by atoms with Crippen LogP contribution in [0.25, 0.3) is 10.9 Å². The van der Waals surface area contributed by atoms with Gasteiger partial charge in [0, 0.05) is 41.7 Å². The number of nitrogens with zero attached hydrogens (tertiary/aromatic N) is 2. The summed E-state index contributed by atoms with van der Waals surface area (Å²) in [7, 11) is 1.32. The number of methoxy groups -OCH3 is 1. The van der Waals surface area contributed by atoms with E-state index in [1.54, 1.807) is 24.5 Å². The highest BCUT2D eigenvalue weighted by Crippen LogP contribution is 2.35. The first-order valence-electron chi connectivity index (χ1n) is 9.64. The van der Waals surface area contributed by atoms with Crippen LogP contribution in [0.4, 0.5) is 29.3 Å². The molecule has 2 aromatic carbocycles. The highest BCUT2D eigenvalue weighted by atomic mass is 19.4. The summed E-state index contributed by atoms with van der Waals surface area (Å²) >= 11 is 0. The first-order chi connectivity index (χ1) is 15.3. The zero-order valence-electron chi connectivity index (χ0n) is 17.0. The number of carbonyl (C=O) groups excluding carboxylic acids is 1. The lowest BCUT2D eigenvalue weighted by molar-refractivity contribution is -0.137. The number of pyridine rings is 1. The standard InChI is InChI=1S/C23H19F3N4O2/c1-32-21-5-2-17(23(24,25)26)13-19(21)29-22(31)28-18-3-4-20-16(12-18)8-11-30(20)14-15-6-9-27-10-7-15/h2-13H,14H2,1H3,(H2,28,29,31). The molecule has 9 heteroatoms. The van der Waals surface area contributed by atoms with E-state index in [2.05, 4.69) is 20.2 Å². The van der Waals surface area contributed by atoms with Crippen molar-refractivity contribution >= 4 is 28.3 Å². The van der Waals surface area contributed by atoms with Gasteiger partial charge in [0.1, 0.15) is 5.75 Å². The summed E-state index contributed by atoms with van der Waals surface area (Å²) in [5, 5.41) is 5.98. The van der Waals surface area contributed by atoms with Crippen molar-refractivity contribution in [2.45, 2.75) is 12.7 Å². The summed E-state index contributed by atoms with van der Waals surface area (Å²) in [5.41, 5.74) is 1.62. The quantitative estimate of drug-likeness (QED) is 0.415. The fourth-order valence-electron chi connectivity index (χ4n) is 3.37. The van der Waals surface area contributed by atoms with Crippen LogP contribution in [0.2, 0.25) is 0 Å². The lowest BCUT2D eigenvalue weighted by atomic mass is 10.2. The molecule has 0 bridgehead atoms. The largest absolute Gasteiger partial charge is 0.495 e. The number of aromatic nitrogens is 2. The average molecular weight is 440 g/mol. The van der Waals surface area contributed by atoms with Crippen molar-refractivity contribution in [3.05, 3.63) is 84.3 Å². The van der Waals surface area contributed by atoms with Gasteiger partial charge in [-0.25, -0.2) is 4.79 Å². The number of ether oxygens (including phenoxy) is 1. The van der Waals surface area contributed by atoms with Crippen molar-refractivity contribution in [2.75, 3.05) is 17.7 Å². The fourth-order valence-corrected chi connectivity index (χ4v) is 3.37. The maximum absolute atomic E-state index is 13.0. The van der Waals surface area contributed by atoms with E-state index in [0.29, 0.717) is 12.2 Å². The molecular formula is C23H19F3N4O2. The normalized spacial score (nSPS) is 11.4. The molecule has 4 aromatic rings. The van der Waals surface area contributed by atoms with Crippen LogP contribution in [0.1, 0.15) is 11.1 Å². The van der Waals surface area contributed by atoms with Crippen molar-refractivity contribution in [3.63, 3.8) is 0 Å². The van der Waals surface area contributed by atoms with Crippen LogP contribution in [0, 0.1) is 0 Å². The molecule has 32 heavy (non-hydrogen) atoms. The molecular weight excluding hydrogens is 421 g/mol. The molecule has 0 saturated carbocycles. The van der Waals surface area contributed by atoms with Crippen LogP contribution < -0.4 is 15.4 Å². The number of halogens is 3. The van der Waals surface area contributed by atoms with Gasteiger partial charge in [0.05, 0.1) is 18.4 Å². The molecule has 164 valence electrons. The van der Waals surface area contributed by atoms with Crippen molar-refractivity contribution in [1.82, 2.24) is 9.55 Å². The van der Waals surface area contributed by atoms with Crippen LogP contribution in [0.5, 0.6) is 5.75 Å². The molecule has 0 fully saturated rings. The molecule has 4 rings (SSSR count). The number of nitrogens with one attached hydrogen (secondary N) is 2. The van der Waals surface area contributed by atoms with Crippen molar-refractivity contribution in [1.29, 1.82) is 0 Å². The van der Waals surface area contributed by atoms with E-state index in [4.69, 9.17) is 4.74 Å². The van der Waals surface area contributed by atoms with E-state index in [1.165, 1.54) is 7.11 Å². The zero-order valence-corrected chi connectivity index (χ0v) is 17.0. The van der Waals surface area contributed by atoms with Gasteiger partial charge in [-0.05, 0) is 60.2 Å². The minimum absolute atomic E-state index is 0.0793. The molecule has 2 amide bonds. The van der Waals surface area contributed by atoms with Crippen LogP contribution in [0.15, 0.2) is 73.2 Å². The number of urea groups is 1. The van der Waals surface area contributed by atoms with Gasteiger partial charge in [0.2, 0.25) is 0 Å². The second-order valence-electron chi connectivity index (χ2n) is 7.06. The highest BCUT2D eigenvalue weighted by molar-refractivity contribution is 6.02. The Bertz CT molecular complexity index is 1250. The van der Waals surface area contributed by atoms with Gasteiger partial charge >= 0.3 is 12.2 Å². The first kappa shape index (κ1) is 21.2. The third-order valence-electron chi connectivity index (χ3n) is 4.91. The van der Waals surface area contributed by atoms with Crippen molar-refractivity contribution in [3.8, 4) is 5.75 Å². The van der Waals surface area contributed by atoms with E-state index in [0.717, 1.165) is 34.7 Å². The van der Waals surface area contributed by atoms with Crippen LogP contribution >= 0.6 is 0 Å². The second-order valence-corrected chi connectivity index (χ2v) is 7.06. The maximum atomic E-state index is 13.0. The monoisotopic (exact) mass is 440 g/mol. The van der Waals surface area contributed by atoms with E-state index in [-0.39, 0.29) is 11.4 Å². The Labute approximate surface area is 181 Å². The predicted octanol–water partition coefficient (Wildman–Crippen LogP) is 5.76. The molecule has 6 nitrogen and oxygen atoms in total. The Morgan fingerprint density at radius 2 is 1.81 bits per heavy atom. The molecule has 0 aliphatic carbocycles. The number of hydrogen-bond acceptors (Lipinski definition) is 3. The summed E-state index contributed by atoms with van der Waals surface area (Å²) in [5.74, 6) is 0.122. The van der Waals surface area contributed by atoms with Gasteiger partial charge in [0.15, 0.2) is 0 Å². The average Bonchev–Trinajstić information content (AvgIpc) is 3.15. The molecule has 0 spiro atoms. The van der Waals surface area contributed by atoms with Gasteiger partial charge in [-0.1, -0.05) is 0 Å². The fraction of sp³-hybridized carbons (Fsp3) is 0.130. The van der Waals surface area contributed by atoms with Crippen LogP contribution in [0.3, 0.4) is 0 Å². The van der Waals surface area contributed by atoms with E-state index in [1.807, 2.05) is 30.5 Å². The van der Waals surface area contributed by atoms with E-state index < -0.39 is 17.8 Å². The van der Waals surface area contributed by atoms with E-state index in [9.17, 15) is 18.0 Å². The number of benzene rings is 2. The van der Waals surface area contributed by atoms with Gasteiger partial charge in [0.25, 0.3) is 0 Å². The second kappa shape index (κ2) is 8.62. The smallest absolute Gasteiger partial charge is 0.416 e. The lowest BCUT2D eigenvalue weighted by Crippen LogP contribution is -2.20. The molecule has 0 unspecified atom stereocenters. The minimum Gasteiger partial charge on any atom is -0.495 e. The Morgan fingerprint density at radius 3 is 2.53 bits per heavy atom. The Balaban J connectivity index is 1.50. The molecule has 0 saturated heterocycles. The number of hydrogen-bond donors (Lipinski definition) is 2. The summed E-state index contributed by atoms with van der Waals surface area (Å²) in [4.78, 5) is 16.4. The third-order valence-corrected chi connectivity index (χ3v) is 4.91. The number of anilines is 2. The van der Waals surface area contributed by atoms with Crippen LogP contribution in [-0.4, -0.2) is 22.7 Å². The van der Waals surface area contributed by atoms with E-state index >= 15 is 0 Å². The Morgan fingerprint density at radius 1 is 1.03 bits per heavy atom. The van der Waals surface area contributed by atoms with Crippen molar-refractivity contribution < 1.29 is 22.7 Å². The first-order valence-corrected chi connectivity index (χ1v) is 9.64. The summed E-state index contributed by atoms with van der Waals surface area (Å²) in [6, 6.07) is 13.4. The highest BCUT2D eigenvalue weighted by Gasteiger charge is 2.31. The van der Waals surface area contributed by atoms with Gasteiger partial charge in [-0.15, -0.1) is 0 Å². The number of alkyl halides is 3. The molecule has 2 heterocycles. The van der Waals surface area contributed by atoms with Gasteiger partial charge in [-0.2, -0.15) is 13.2 Å². The lowest BCUT2D eigenvalue weighted by Gasteiger charge is -2.14. The maximum Gasteiger partial charge on any atom is 0.416 e. The molecule has 0 atom stereocenters. The topological polar surface area (TPSA) is 68.2 Å². The molecule has 0 aliphatic rings. The predicted molar refractivity (Wildman–Crippen MR) is 116 cm³/mol. The van der Waals surface area contributed by atoms with Gasteiger partial charge < -0.3 is 19.9 Å². The summed E-state index contributed by atoms with van der Waals surface area (Å²) in [6.45, 7) is 0.675. The minimum atomic E-state index is -4.53. The zero-order chi connectivity index (χ0) is 22.7. The van der Waals surface area contributed by atoms with Crippen molar-refractivity contribution in [2.24, 2.45) is 0 Å². The SMILES string of the molecule is COc1ccc(C(F)(F)F)cc1NC(=O)Nc1ccc2c(ccn2Cc2ccncc2)c1. The number of carbonyl (C=O) groups is 1. The molecule has 2 N–H and O–H groups in total. The number of rotatable bonds is 5. The summed E-state index contributed by atoms with van der Waals surface area (Å²) < 4.78 is 46.1. The number of amides is 2. The third kappa shape index (κ3) is 4.66. The Hall–Kier alpha value is -4.01. The molecule has 0 radical (unpaired) electrons. The number of fused-ring (bicyclic) bond motifs is 1. The summed E-state index contributed by atoms with van der Waals surface area (Å²) in [6.07, 6.45) is 0.887. The molecule has 0 aliphatic heterocycles. The Kier molecular flexibility index (Phi) is 5.72. The molecule has 2 aromatic heterocycles. The van der Waals surface area contributed by atoms with Gasteiger partial charge in [-0.3, -0.25) is 4.98 Å².